The molecule has 9 nitrogen and oxygen atoms in total. The van der Waals surface area contributed by atoms with Crippen molar-refractivity contribution in [1.29, 1.82) is 0 Å². The minimum Gasteiger partial charge on any atom is -0.489 e. The van der Waals surface area contributed by atoms with Crippen LogP contribution in [0.3, 0.4) is 0 Å². The van der Waals surface area contributed by atoms with E-state index in [0.717, 1.165) is 24.0 Å². The molecule has 3 atom stereocenters. The molecule has 41 heavy (non-hydrogen) atoms. The summed E-state index contributed by atoms with van der Waals surface area (Å²) in [4.78, 5) is 54.6. The first kappa shape index (κ1) is 31.6. The Labute approximate surface area is 243 Å². The predicted molar refractivity (Wildman–Crippen MR) is 158 cm³/mol. The zero-order valence-electron chi connectivity index (χ0n) is 24.5. The van der Waals surface area contributed by atoms with Crippen LogP contribution in [0.2, 0.25) is 0 Å². The number of likely N-dealkylation sites (tertiary alicyclic amines) is 1. The summed E-state index contributed by atoms with van der Waals surface area (Å²) in [6, 6.07) is 16.6. The van der Waals surface area contributed by atoms with Crippen molar-refractivity contribution in [3.8, 4) is 5.75 Å². The van der Waals surface area contributed by atoms with E-state index in [1.165, 1.54) is 0 Å². The van der Waals surface area contributed by atoms with Crippen molar-refractivity contribution in [2.45, 2.75) is 65.5 Å². The highest BCUT2D eigenvalue weighted by Crippen LogP contribution is 2.21. The van der Waals surface area contributed by atoms with Crippen LogP contribution in [-0.2, 0) is 32.2 Å². The topological polar surface area (TPSA) is 122 Å². The lowest BCUT2D eigenvalue weighted by atomic mass is 9.95. The van der Waals surface area contributed by atoms with E-state index in [2.05, 4.69) is 5.32 Å². The van der Waals surface area contributed by atoms with Crippen LogP contribution in [0.4, 0.5) is 0 Å². The van der Waals surface area contributed by atoms with Gasteiger partial charge in [0.25, 0.3) is 0 Å². The van der Waals surface area contributed by atoms with Crippen molar-refractivity contribution in [3.63, 3.8) is 0 Å². The Morgan fingerprint density at radius 1 is 1.02 bits per heavy atom. The minimum absolute atomic E-state index is 0.0691. The van der Waals surface area contributed by atoms with Crippen LogP contribution in [0.25, 0.3) is 0 Å². The molecule has 0 aromatic heterocycles. The van der Waals surface area contributed by atoms with Crippen LogP contribution >= 0.6 is 0 Å². The van der Waals surface area contributed by atoms with Crippen molar-refractivity contribution < 1.29 is 23.9 Å². The van der Waals surface area contributed by atoms with E-state index in [9.17, 15) is 19.2 Å². The predicted octanol–water partition coefficient (Wildman–Crippen LogP) is 3.30. The molecule has 0 aliphatic carbocycles. The number of amides is 4. The van der Waals surface area contributed by atoms with Gasteiger partial charge in [0.2, 0.25) is 23.6 Å². The van der Waals surface area contributed by atoms with Crippen molar-refractivity contribution >= 4 is 23.6 Å². The molecule has 3 unspecified atom stereocenters. The van der Waals surface area contributed by atoms with Gasteiger partial charge in [0, 0.05) is 44.9 Å². The second-order valence-corrected chi connectivity index (χ2v) is 10.7. The average Bonchev–Trinajstić information content (AvgIpc) is 2.99. The van der Waals surface area contributed by atoms with Gasteiger partial charge in [-0.25, -0.2) is 0 Å². The van der Waals surface area contributed by atoms with Crippen LogP contribution < -0.4 is 15.8 Å². The summed E-state index contributed by atoms with van der Waals surface area (Å²) in [6.45, 7) is 8.18. The Morgan fingerprint density at radius 2 is 1.71 bits per heavy atom. The van der Waals surface area contributed by atoms with Gasteiger partial charge in [-0.2, -0.15) is 0 Å². The van der Waals surface area contributed by atoms with E-state index < -0.39 is 17.9 Å². The van der Waals surface area contributed by atoms with E-state index in [4.69, 9.17) is 10.5 Å². The highest BCUT2D eigenvalue weighted by atomic mass is 16.5. The third kappa shape index (κ3) is 9.62. The third-order valence-electron chi connectivity index (χ3n) is 7.69. The lowest BCUT2D eigenvalue weighted by Crippen LogP contribution is -2.54. The van der Waals surface area contributed by atoms with Gasteiger partial charge < -0.3 is 25.6 Å². The fourth-order valence-electron chi connectivity index (χ4n) is 5.05. The molecule has 2 aromatic rings. The number of hydrogen-bond acceptors (Lipinski definition) is 5. The molecular formula is C32H44N4O5. The maximum absolute atomic E-state index is 13.8. The molecule has 4 amide bonds. The van der Waals surface area contributed by atoms with Gasteiger partial charge in [-0.3, -0.25) is 19.2 Å². The first-order valence-electron chi connectivity index (χ1n) is 14.6. The van der Waals surface area contributed by atoms with E-state index in [1.807, 2.05) is 68.4 Å². The molecule has 1 aliphatic rings. The number of benzene rings is 2. The molecule has 2 aromatic carbocycles. The van der Waals surface area contributed by atoms with Crippen LogP contribution in [0.1, 0.15) is 57.6 Å². The first-order valence-corrected chi connectivity index (χ1v) is 14.6. The second-order valence-electron chi connectivity index (χ2n) is 10.7. The zero-order chi connectivity index (χ0) is 29.8. The van der Waals surface area contributed by atoms with Gasteiger partial charge in [0.05, 0.1) is 5.92 Å². The average molecular weight is 565 g/mol. The van der Waals surface area contributed by atoms with Crippen molar-refractivity contribution in [2.75, 3.05) is 26.2 Å². The number of piperidine rings is 1. The number of hydrogen-bond donors (Lipinski definition) is 2. The quantitative estimate of drug-likeness (QED) is 0.365. The fraction of sp³-hybridized carbons (Fsp3) is 0.500. The zero-order valence-corrected chi connectivity index (χ0v) is 24.5. The van der Waals surface area contributed by atoms with Crippen molar-refractivity contribution in [1.82, 2.24) is 15.1 Å². The monoisotopic (exact) mass is 564 g/mol. The Morgan fingerprint density at radius 3 is 2.34 bits per heavy atom. The van der Waals surface area contributed by atoms with Gasteiger partial charge in [-0.15, -0.1) is 0 Å². The van der Waals surface area contributed by atoms with Crippen LogP contribution in [-0.4, -0.2) is 65.6 Å². The summed E-state index contributed by atoms with van der Waals surface area (Å²) in [5, 5.41) is 2.90. The smallest absolute Gasteiger partial charge is 0.245 e. The maximum atomic E-state index is 13.8. The molecular weight excluding hydrogens is 520 g/mol. The van der Waals surface area contributed by atoms with Gasteiger partial charge in [0.15, 0.2) is 0 Å². The molecule has 222 valence electrons. The highest BCUT2D eigenvalue weighted by molar-refractivity contribution is 5.89. The summed E-state index contributed by atoms with van der Waals surface area (Å²) in [5.41, 5.74) is 7.28. The summed E-state index contributed by atoms with van der Waals surface area (Å²) < 4.78 is 5.89. The Hall–Kier alpha value is -3.88. The first-order chi connectivity index (χ1) is 19.7. The normalized spacial score (nSPS) is 16.4. The summed E-state index contributed by atoms with van der Waals surface area (Å²) in [5.74, 6) is -0.890. The lowest BCUT2D eigenvalue weighted by Gasteiger charge is -2.36. The van der Waals surface area contributed by atoms with Crippen LogP contribution in [0.5, 0.6) is 5.75 Å². The van der Waals surface area contributed by atoms with E-state index in [-0.39, 0.29) is 30.1 Å². The molecule has 1 heterocycles. The number of carbonyl (C=O) groups is 4. The molecule has 3 N–H and O–H groups in total. The number of carbonyl (C=O) groups excluding carboxylic acids is 4. The van der Waals surface area contributed by atoms with E-state index >= 15 is 0 Å². The number of nitrogens with zero attached hydrogens (tertiary/aromatic N) is 2. The summed E-state index contributed by atoms with van der Waals surface area (Å²) in [7, 11) is 0. The fourth-order valence-corrected chi connectivity index (χ4v) is 5.05. The van der Waals surface area contributed by atoms with Gasteiger partial charge in [0.1, 0.15) is 18.4 Å². The molecule has 0 saturated carbocycles. The second kappa shape index (κ2) is 15.8. The highest BCUT2D eigenvalue weighted by Gasteiger charge is 2.34. The minimum atomic E-state index is -0.801. The molecule has 1 aliphatic heterocycles. The van der Waals surface area contributed by atoms with Gasteiger partial charge >= 0.3 is 0 Å². The SMILES string of the molecule is CCN(CC)C(=O)C1CCCN(C(=O)C(Cc2ccc(OCc3ccccc3)cc2)NC(=O)CCC(C)C(N)=O)C1. The van der Waals surface area contributed by atoms with Crippen molar-refractivity contribution in [2.24, 2.45) is 17.6 Å². The maximum Gasteiger partial charge on any atom is 0.245 e. The Bertz CT molecular complexity index is 1150. The number of nitrogens with two attached hydrogens (primary N) is 1. The summed E-state index contributed by atoms with van der Waals surface area (Å²) >= 11 is 0. The molecule has 1 fully saturated rings. The molecule has 0 radical (unpaired) electrons. The number of ether oxygens (including phenoxy) is 1. The molecule has 0 bridgehead atoms. The number of rotatable bonds is 14. The van der Waals surface area contributed by atoms with Crippen molar-refractivity contribution in [3.05, 3.63) is 65.7 Å². The largest absolute Gasteiger partial charge is 0.489 e. The molecule has 3 rings (SSSR count). The third-order valence-corrected chi connectivity index (χ3v) is 7.69. The van der Waals surface area contributed by atoms with E-state index in [0.29, 0.717) is 51.4 Å². The molecule has 9 heteroatoms. The van der Waals surface area contributed by atoms with Crippen LogP contribution in [0.15, 0.2) is 54.6 Å². The Kier molecular flexibility index (Phi) is 12.2. The molecule has 1 saturated heterocycles. The Balaban J connectivity index is 1.70. The van der Waals surface area contributed by atoms with Gasteiger partial charge in [-0.05, 0) is 56.4 Å². The van der Waals surface area contributed by atoms with E-state index in [1.54, 1.807) is 16.7 Å². The lowest BCUT2D eigenvalue weighted by molar-refractivity contribution is -0.143. The standard InChI is InChI=1S/C32H44N4O5/c1-4-35(5-2)31(39)26-12-9-19-36(21-26)32(40)28(34-29(37)18-13-23(3)30(33)38)20-24-14-16-27(17-15-24)41-22-25-10-7-6-8-11-25/h6-8,10-11,14-17,23,26,28H,4-5,9,12-13,18-22H2,1-3H3,(H2,33,38)(H,34,37). The number of primary amides is 1. The van der Waals surface area contributed by atoms with Crippen LogP contribution in [0, 0.1) is 11.8 Å². The molecule has 0 spiro atoms. The number of nitrogens with one attached hydrogen (secondary N) is 1. The summed E-state index contributed by atoms with van der Waals surface area (Å²) in [6.07, 6.45) is 2.15. The van der Waals surface area contributed by atoms with Gasteiger partial charge in [-0.1, -0.05) is 49.4 Å².